The number of carbonyl (C=O) groups is 2. The lowest BCUT2D eigenvalue weighted by Crippen LogP contribution is -2.42. The molecule has 0 saturated heterocycles. The van der Waals surface area contributed by atoms with Crippen molar-refractivity contribution in [2.24, 2.45) is 5.73 Å². The Morgan fingerprint density at radius 3 is 2.77 bits per heavy atom. The van der Waals surface area contributed by atoms with Crippen LogP contribution in [0.3, 0.4) is 0 Å². The normalized spacial score (nSPS) is 12.3. The Morgan fingerprint density at radius 2 is 2.14 bits per heavy atom. The number of nitrogens with two attached hydrogens (primary N) is 1. The molecule has 0 saturated carbocycles. The Labute approximate surface area is 131 Å². The fourth-order valence-electron chi connectivity index (χ4n) is 2.04. The molecule has 8 heteroatoms. The van der Waals surface area contributed by atoms with Gasteiger partial charge in [0.2, 0.25) is 11.8 Å². The summed E-state index contributed by atoms with van der Waals surface area (Å²) in [5, 5.41) is 3.08. The molecule has 3 N–H and O–H groups in total. The van der Waals surface area contributed by atoms with Crippen molar-refractivity contribution in [3.05, 3.63) is 27.1 Å². The molecule has 0 aliphatic carbocycles. The molecular formula is C14H18N4O3S. The second-order valence-electron chi connectivity index (χ2n) is 5.15. The second-order valence-corrected chi connectivity index (χ2v) is 6.35. The number of hydrogen-bond donors (Lipinski definition) is 2. The third-order valence-corrected chi connectivity index (χ3v) is 4.66. The topological polar surface area (TPSA) is 107 Å². The standard InChI is InChI=1S/C14H18N4O3S/c1-7-9(3)22-13-11(7)14(21)18(6-16-13)5-4-10(19)17-8(2)12(15)20/h6,8H,4-5H2,1-3H3,(H2,15,20)(H,17,19). The van der Waals surface area contributed by atoms with Crippen LogP contribution in [0.2, 0.25) is 0 Å². The molecule has 22 heavy (non-hydrogen) atoms. The number of fused-ring (bicyclic) bond motifs is 1. The summed E-state index contributed by atoms with van der Waals surface area (Å²) in [4.78, 5) is 41.1. The zero-order valence-corrected chi connectivity index (χ0v) is 13.5. The third kappa shape index (κ3) is 3.16. The minimum absolute atomic E-state index is 0.0763. The van der Waals surface area contributed by atoms with E-state index in [1.165, 1.54) is 29.2 Å². The lowest BCUT2D eigenvalue weighted by atomic mass is 10.2. The molecule has 1 unspecified atom stereocenters. The summed E-state index contributed by atoms with van der Waals surface area (Å²) in [5.41, 5.74) is 5.86. The van der Waals surface area contributed by atoms with Gasteiger partial charge in [0.15, 0.2) is 0 Å². The van der Waals surface area contributed by atoms with Crippen molar-refractivity contribution < 1.29 is 9.59 Å². The molecule has 118 valence electrons. The summed E-state index contributed by atoms with van der Waals surface area (Å²) in [5.74, 6) is -0.936. The minimum Gasteiger partial charge on any atom is -0.368 e. The van der Waals surface area contributed by atoms with Gasteiger partial charge in [-0.2, -0.15) is 0 Å². The molecule has 2 rings (SSSR count). The Bertz CT molecular complexity index is 793. The van der Waals surface area contributed by atoms with Gasteiger partial charge in [-0.15, -0.1) is 11.3 Å². The maximum absolute atomic E-state index is 12.4. The zero-order valence-electron chi connectivity index (χ0n) is 12.7. The van der Waals surface area contributed by atoms with Crippen LogP contribution in [0.15, 0.2) is 11.1 Å². The molecule has 0 aliphatic rings. The Kier molecular flexibility index (Phi) is 4.60. The van der Waals surface area contributed by atoms with Crippen LogP contribution in [0.1, 0.15) is 23.8 Å². The van der Waals surface area contributed by atoms with Gasteiger partial charge in [0.1, 0.15) is 10.9 Å². The average Bonchev–Trinajstić information content (AvgIpc) is 2.74. The quantitative estimate of drug-likeness (QED) is 0.833. The number of aryl methyl sites for hydroxylation is 3. The summed E-state index contributed by atoms with van der Waals surface area (Å²) >= 11 is 1.48. The predicted octanol–water partition coefficient (Wildman–Crippen LogP) is 0.455. The second kappa shape index (κ2) is 6.27. The smallest absolute Gasteiger partial charge is 0.262 e. The molecule has 0 aromatic carbocycles. The van der Waals surface area contributed by atoms with Crippen LogP contribution in [0, 0.1) is 13.8 Å². The van der Waals surface area contributed by atoms with Crippen LogP contribution in [0.4, 0.5) is 0 Å². The Hall–Kier alpha value is -2.22. The molecule has 0 aliphatic heterocycles. The Balaban J connectivity index is 2.14. The van der Waals surface area contributed by atoms with Gasteiger partial charge in [0, 0.05) is 17.8 Å². The molecule has 2 aromatic heterocycles. The molecule has 0 radical (unpaired) electrons. The highest BCUT2D eigenvalue weighted by atomic mass is 32.1. The van der Waals surface area contributed by atoms with Crippen LogP contribution < -0.4 is 16.6 Å². The molecular weight excluding hydrogens is 304 g/mol. The lowest BCUT2D eigenvalue weighted by Gasteiger charge is -2.10. The highest BCUT2D eigenvalue weighted by Crippen LogP contribution is 2.25. The van der Waals surface area contributed by atoms with Crippen LogP contribution >= 0.6 is 11.3 Å². The van der Waals surface area contributed by atoms with E-state index in [0.29, 0.717) is 10.2 Å². The summed E-state index contributed by atoms with van der Waals surface area (Å²) < 4.78 is 1.41. The number of nitrogens with zero attached hydrogens (tertiary/aromatic N) is 2. The van der Waals surface area contributed by atoms with Crippen LogP contribution in [0.5, 0.6) is 0 Å². The fraction of sp³-hybridized carbons (Fsp3) is 0.429. The van der Waals surface area contributed by atoms with Crippen molar-refractivity contribution in [2.45, 2.75) is 39.8 Å². The number of rotatable bonds is 5. The number of thiophene rings is 1. The number of nitrogens with one attached hydrogen (secondary N) is 1. The van der Waals surface area contributed by atoms with Crippen molar-refractivity contribution in [2.75, 3.05) is 0 Å². The number of aromatic nitrogens is 2. The van der Waals surface area contributed by atoms with Gasteiger partial charge in [0.05, 0.1) is 11.7 Å². The molecule has 0 spiro atoms. The third-order valence-electron chi connectivity index (χ3n) is 3.54. The summed E-state index contributed by atoms with van der Waals surface area (Å²) in [6.45, 7) is 5.55. The minimum atomic E-state index is -0.730. The van der Waals surface area contributed by atoms with E-state index in [2.05, 4.69) is 10.3 Å². The van der Waals surface area contributed by atoms with Crippen molar-refractivity contribution in [3.63, 3.8) is 0 Å². The first-order valence-electron chi connectivity index (χ1n) is 6.85. The first-order chi connectivity index (χ1) is 10.3. The van der Waals surface area contributed by atoms with E-state index in [1.807, 2.05) is 13.8 Å². The molecule has 7 nitrogen and oxygen atoms in total. The predicted molar refractivity (Wildman–Crippen MR) is 84.8 cm³/mol. The maximum atomic E-state index is 12.4. The van der Waals surface area contributed by atoms with Crippen LogP contribution in [-0.2, 0) is 16.1 Å². The number of amides is 2. The Morgan fingerprint density at radius 1 is 1.45 bits per heavy atom. The first-order valence-corrected chi connectivity index (χ1v) is 7.66. The molecule has 2 aromatic rings. The SMILES string of the molecule is Cc1sc2ncn(CCC(=O)NC(C)C(N)=O)c(=O)c2c1C. The van der Waals surface area contributed by atoms with E-state index in [1.54, 1.807) is 0 Å². The molecule has 1 atom stereocenters. The van der Waals surface area contributed by atoms with Gasteiger partial charge in [-0.3, -0.25) is 19.0 Å². The summed E-state index contributed by atoms with van der Waals surface area (Å²) in [6, 6.07) is -0.730. The van der Waals surface area contributed by atoms with E-state index < -0.39 is 11.9 Å². The van der Waals surface area contributed by atoms with Crippen LogP contribution in [-0.4, -0.2) is 27.4 Å². The maximum Gasteiger partial charge on any atom is 0.262 e. The van der Waals surface area contributed by atoms with E-state index in [-0.39, 0.29) is 24.4 Å². The van der Waals surface area contributed by atoms with Crippen molar-refractivity contribution >= 4 is 33.4 Å². The number of hydrogen-bond acceptors (Lipinski definition) is 5. The van der Waals surface area contributed by atoms with Gasteiger partial charge >= 0.3 is 0 Å². The van der Waals surface area contributed by atoms with Crippen molar-refractivity contribution in [3.8, 4) is 0 Å². The van der Waals surface area contributed by atoms with Crippen molar-refractivity contribution in [1.29, 1.82) is 0 Å². The summed E-state index contributed by atoms with van der Waals surface area (Å²) in [6.07, 6.45) is 1.53. The van der Waals surface area contributed by atoms with Crippen LogP contribution in [0.25, 0.3) is 10.2 Å². The van der Waals surface area contributed by atoms with E-state index in [4.69, 9.17) is 5.73 Å². The van der Waals surface area contributed by atoms with E-state index in [9.17, 15) is 14.4 Å². The van der Waals surface area contributed by atoms with Gasteiger partial charge in [-0.1, -0.05) is 0 Å². The average molecular weight is 322 g/mol. The zero-order chi connectivity index (χ0) is 16.4. The van der Waals surface area contributed by atoms with E-state index >= 15 is 0 Å². The largest absolute Gasteiger partial charge is 0.368 e. The first kappa shape index (κ1) is 16.2. The molecule has 0 bridgehead atoms. The molecule has 0 fully saturated rings. The van der Waals surface area contributed by atoms with Gasteiger partial charge in [-0.25, -0.2) is 4.98 Å². The number of carbonyl (C=O) groups excluding carboxylic acids is 2. The molecule has 2 amide bonds. The number of primary amides is 1. The van der Waals surface area contributed by atoms with Gasteiger partial charge < -0.3 is 11.1 Å². The van der Waals surface area contributed by atoms with Crippen molar-refractivity contribution in [1.82, 2.24) is 14.9 Å². The highest BCUT2D eigenvalue weighted by Gasteiger charge is 2.14. The van der Waals surface area contributed by atoms with E-state index in [0.717, 1.165) is 10.4 Å². The fourth-order valence-corrected chi connectivity index (χ4v) is 3.02. The summed E-state index contributed by atoms with van der Waals surface area (Å²) in [7, 11) is 0. The highest BCUT2D eigenvalue weighted by molar-refractivity contribution is 7.18. The monoisotopic (exact) mass is 322 g/mol. The van der Waals surface area contributed by atoms with Gasteiger partial charge in [-0.05, 0) is 26.3 Å². The molecule has 2 heterocycles. The van der Waals surface area contributed by atoms with Gasteiger partial charge in [0.25, 0.3) is 5.56 Å². The lowest BCUT2D eigenvalue weighted by molar-refractivity contribution is -0.127.